The molecule has 8 nitrogen and oxygen atoms in total. The molecule has 2 aromatic carbocycles. The third-order valence-electron chi connectivity index (χ3n) is 5.52. The minimum Gasteiger partial charge on any atom is -0.760 e. The van der Waals surface area contributed by atoms with Gasteiger partial charge in [0.1, 0.15) is 5.82 Å². The van der Waals surface area contributed by atoms with Gasteiger partial charge in [0.05, 0.1) is 24.2 Å². The Morgan fingerprint density at radius 1 is 1.18 bits per heavy atom. The van der Waals surface area contributed by atoms with E-state index in [-0.39, 0.29) is 35.7 Å². The molecule has 33 heavy (non-hydrogen) atoms. The minimum absolute atomic E-state index is 0.0525. The Balaban J connectivity index is 1.61. The maximum atomic E-state index is 14.4. The second kappa shape index (κ2) is 11.3. The lowest BCUT2D eigenvalue weighted by Gasteiger charge is -2.27. The summed E-state index contributed by atoms with van der Waals surface area (Å²) < 4.78 is 66.7. The van der Waals surface area contributed by atoms with Crippen LogP contribution in [0.25, 0.3) is 0 Å². The van der Waals surface area contributed by atoms with E-state index in [1.165, 1.54) is 19.2 Å². The normalized spacial score (nSPS) is 17.1. The molecule has 1 fully saturated rings. The van der Waals surface area contributed by atoms with Crippen molar-refractivity contribution in [1.29, 1.82) is 0 Å². The van der Waals surface area contributed by atoms with Crippen LogP contribution in [0.4, 0.5) is 4.39 Å². The highest BCUT2D eigenvalue weighted by Crippen LogP contribution is 2.16. The first-order chi connectivity index (χ1) is 15.7. The number of methoxy groups -OCH3 is 1. The predicted octanol–water partition coefficient (Wildman–Crippen LogP) is 1.68. The van der Waals surface area contributed by atoms with Gasteiger partial charge in [-0.15, -0.1) is 0 Å². The molecular weight excluding hydrogens is 471 g/mol. The highest BCUT2D eigenvalue weighted by Gasteiger charge is 2.21. The van der Waals surface area contributed by atoms with E-state index in [4.69, 9.17) is 0 Å². The van der Waals surface area contributed by atoms with Gasteiger partial charge in [0.15, 0.2) is 9.84 Å². The molecule has 1 aliphatic heterocycles. The molecule has 1 aliphatic rings. The predicted molar refractivity (Wildman–Crippen MR) is 121 cm³/mol. The number of rotatable bonds is 9. The smallest absolute Gasteiger partial charge is 0.337 e. The van der Waals surface area contributed by atoms with E-state index in [9.17, 15) is 26.4 Å². The molecule has 0 saturated carbocycles. The largest absolute Gasteiger partial charge is 0.760 e. The van der Waals surface area contributed by atoms with Crippen LogP contribution < -0.4 is 0 Å². The number of hydrogen-bond acceptors (Lipinski definition) is 7. The summed E-state index contributed by atoms with van der Waals surface area (Å²) in [6, 6.07) is 11.5. The van der Waals surface area contributed by atoms with Crippen molar-refractivity contribution < 1.29 is 31.1 Å². The second-order valence-corrected chi connectivity index (χ2v) is 11.1. The van der Waals surface area contributed by atoms with Crippen LogP contribution in [0.5, 0.6) is 0 Å². The van der Waals surface area contributed by atoms with Gasteiger partial charge in [-0.1, -0.05) is 30.3 Å². The number of carbonyl (C=O) groups excluding carboxylic acids is 1. The lowest BCUT2D eigenvalue weighted by molar-refractivity contribution is 0.0600. The first-order valence-corrected chi connectivity index (χ1v) is 13.2. The first kappa shape index (κ1) is 25.4. The summed E-state index contributed by atoms with van der Waals surface area (Å²) in [5, 5.41) is 0. The Morgan fingerprint density at radius 3 is 2.52 bits per heavy atom. The van der Waals surface area contributed by atoms with Crippen molar-refractivity contribution in [1.82, 2.24) is 9.21 Å². The van der Waals surface area contributed by atoms with Crippen LogP contribution in [0.2, 0.25) is 0 Å². The molecule has 2 aromatic rings. The highest BCUT2D eigenvalue weighted by atomic mass is 32.2. The molecule has 0 aromatic heterocycles. The van der Waals surface area contributed by atoms with Crippen molar-refractivity contribution in [3.8, 4) is 0 Å². The highest BCUT2D eigenvalue weighted by molar-refractivity contribution is 7.91. The molecule has 0 spiro atoms. The van der Waals surface area contributed by atoms with Crippen LogP contribution in [0, 0.1) is 5.82 Å². The van der Waals surface area contributed by atoms with Crippen molar-refractivity contribution in [2.75, 3.05) is 38.2 Å². The average molecular weight is 498 g/mol. The topological polar surface area (TPSA) is 107 Å². The van der Waals surface area contributed by atoms with Crippen LogP contribution >= 0.6 is 0 Å². The number of esters is 1. The fourth-order valence-corrected chi connectivity index (χ4v) is 5.38. The second-order valence-electron chi connectivity index (χ2n) is 7.88. The van der Waals surface area contributed by atoms with Crippen LogP contribution in [0.3, 0.4) is 0 Å². The van der Waals surface area contributed by atoms with Gasteiger partial charge in [0.25, 0.3) is 0 Å². The Morgan fingerprint density at radius 2 is 1.88 bits per heavy atom. The lowest BCUT2D eigenvalue weighted by atomic mass is 10.1. The maximum absolute atomic E-state index is 14.4. The number of nitrogens with zero attached hydrogens (tertiary/aromatic N) is 2. The fraction of sp³-hybridized carbons (Fsp3) is 0.409. The van der Waals surface area contributed by atoms with E-state index in [0.717, 1.165) is 21.5 Å². The summed E-state index contributed by atoms with van der Waals surface area (Å²) in [6.07, 6.45) is 0.429. The molecule has 0 aliphatic carbocycles. The molecule has 0 amide bonds. The third-order valence-corrected chi connectivity index (χ3v) is 7.86. The number of benzene rings is 2. The van der Waals surface area contributed by atoms with Gasteiger partial charge in [-0.3, -0.25) is 9.11 Å². The third kappa shape index (κ3) is 7.41. The molecule has 0 N–H and O–H groups in total. The Labute approximate surface area is 195 Å². The van der Waals surface area contributed by atoms with Crippen molar-refractivity contribution in [2.45, 2.75) is 19.5 Å². The maximum Gasteiger partial charge on any atom is 0.337 e. The van der Waals surface area contributed by atoms with Gasteiger partial charge in [0.2, 0.25) is 0 Å². The molecule has 1 saturated heterocycles. The molecule has 180 valence electrons. The molecule has 1 atom stereocenters. The summed E-state index contributed by atoms with van der Waals surface area (Å²) >= 11 is -2.56. The number of ether oxygens (including phenoxy) is 1. The van der Waals surface area contributed by atoms with E-state index < -0.39 is 32.9 Å². The van der Waals surface area contributed by atoms with Gasteiger partial charge in [-0.05, 0) is 29.7 Å². The average Bonchev–Trinajstić information content (AvgIpc) is 2.78. The molecule has 0 radical (unpaired) electrons. The van der Waals surface area contributed by atoms with Crippen molar-refractivity contribution in [3.63, 3.8) is 0 Å². The van der Waals surface area contributed by atoms with Crippen molar-refractivity contribution >= 4 is 27.1 Å². The summed E-state index contributed by atoms with van der Waals surface area (Å²) in [5.41, 5.74) is 2.15. The molecular formula is C22H26FN2O6S2-. The summed E-state index contributed by atoms with van der Waals surface area (Å²) in [6.45, 7) is 1.61. The van der Waals surface area contributed by atoms with Crippen LogP contribution in [-0.4, -0.2) is 70.6 Å². The lowest BCUT2D eigenvalue weighted by Crippen LogP contribution is -2.39. The van der Waals surface area contributed by atoms with E-state index in [1.807, 2.05) is 24.3 Å². The zero-order chi connectivity index (χ0) is 24.0. The van der Waals surface area contributed by atoms with Crippen LogP contribution in [-0.2, 0) is 45.4 Å². The van der Waals surface area contributed by atoms with E-state index >= 15 is 0 Å². The monoisotopic (exact) mass is 497 g/mol. The number of sulfone groups is 1. The van der Waals surface area contributed by atoms with Gasteiger partial charge in [0, 0.05) is 49.6 Å². The van der Waals surface area contributed by atoms with Crippen molar-refractivity contribution in [3.05, 3.63) is 70.5 Å². The van der Waals surface area contributed by atoms with Gasteiger partial charge in [-0.25, -0.2) is 21.9 Å². The molecule has 3 rings (SSSR count). The van der Waals surface area contributed by atoms with Crippen molar-refractivity contribution in [2.24, 2.45) is 0 Å². The first-order valence-electron chi connectivity index (χ1n) is 10.4. The number of carbonyl (C=O) groups is 1. The summed E-state index contributed by atoms with van der Waals surface area (Å²) in [4.78, 5) is 13.6. The van der Waals surface area contributed by atoms with E-state index in [2.05, 4.69) is 9.64 Å². The number of halogens is 1. The minimum atomic E-state index is -2.93. The molecule has 1 unspecified atom stereocenters. The van der Waals surface area contributed by atoms with Gasteiger partial charge >= 0.3 is 5.97 Å². The van der Waals surface area contributed by atoms with Gasteiger partial charge in [-0.2, -0.15) is 0 Å². The molecule has 0 bridgehead atoms. The van der Waals surface area contributed by atoms with E-state index in [1.54, 1.807) is 0 Å². The summed E-state index contributed by atoms with van der Waals surface area (Å²) in [7, 11) is -1.74. The Kier molecular flexibility index (Phi) is 8.71. The van der Waals surface area contributed by atoms with E-state index in [0.29, 0.717) is 26.1 Å². The standard InChI is InChI=1S/C22H27FN2O6S2/c1-31-22(26)19-5-6-20(21(23)14-19)16-25(32(27)28)8-7-17-3-2-4-18(13-17)15-24-9-11-33(29,30)12-10-24/h2-6,13-14H,7-12,15-16H2,1H3,(H,27,28)/p-1. The molecule has 1 heterocycles. The SMILES string of the molecule is COC(=O)c1ccc(CN(CCc2cccc(CN3CCS(=O)(=O)CC3)c2)S(=O)[O-])c(F)c1. The fourth-order valence-electron chi connectivity index (χ4n) is 3.62. The molecule has 11 heteroatoms. The summed E-state index contributed by atoms with van der Waals surface area (Å²) in [5.74, 6) is -1.03. The van der Waals surface area contributed by atoms with Crippen LogP contribution in [0.15, 0.2) is 42.5 Å². The Hall–Kier alpha value is -2.18. The quantitative estimate of drug-likeness (QED) is 0.383. The zero-order valence-electron chi connectivity index (χ0n) is 18.2. The number of hydrogen-bond donors (Lipinski definition) is 0. The van der Waals surface area contributed by atoms with Crippen LogP contribution in [0.1, 0.15) is 27.0 Å². The van der Waals surface area contributed by atoms with Gasteiger partial charge < -0.3 is 9.29 Å². The zero-order valence-corrected chi connectivity index (χ0v) is 19.9. The Bertz CT molecular complexity index is 1110.